The molecule has 0 amide bonds. The second-order valence-electron chi connectivity index (χ2n) is 6.54. The van der Waals surface area contributed by atoms with Crippen molar-refractivity contribution in [2.75, 3.05) is 6.61 Å². The van der Waals surface area contributed by atoms with Crippen LogP contribution < -0.4 is 0 Å². The van der Waals surface area contributed by atoms with Crippen LogP contribution in [0.25, 0.3) is 0 Å². The predicted octanol–water partition coefficient (Wildman–Crippen LogP) is 4.27. The highest BCUT2D eigenvalue weighted by atomic mass is 16.5. The summed E-state index contributed by atoms with van der Waals surface area (Å²) >= 11 is 0. The molecule has 1 saturated carbocycles. The molecule has 0 aliphatic heterocycles. The molecule has 1 aromatic rings. The topological polar surface area (TPSA) is 26.3 Å². The van der Waals surface area contributed by atoms with Gasteiger partial charge in [-0.2, -0.15) is 0 Å². The fraction of sp³-hybridized carbons (Fsp3) is 0.632. The van der Waals surface area contributed by atoms with Crippen LogP contribution >= 0.6 is 0 Å². The molecule has 0 spiro atoms. The summed E-state index contributed by atoms with van der Waals surface area (Å²) in [6, 6.07) is 8.52. The Morgan fingerprint density at radius 1 is 1.24 bits per heavy atom. The smallest absolute Gasteiger partial charge is 0.162 e. The summed E-state index contributed by atoms with van der Waals surface area (Å²) in [5.41, 5.74) is 2.80. The summed E-state index contributed by atoms with van der Waals surface area (Å²) in [7, 11) is 0. The fourth-order valence-corrected chi connectivity index (χ4v) is 4.01. The standard InChI is InChI=1S/C19H26O2/c1-2-21-19(14-8-4-3-5-9-14)18(20)13-16-12-15-10-6-7-11-17(15)16/h6-7,10-11,14,16,19H,2-5,8-9,12-13H2,1H3. The van der Waals surface area contributed by atoms with Crippen molar-refractivity contribution in [1.29, 1.82) is 0 Å². The lowest BCUT2D eigenvalue weighted by atomic mass is 9.73. The van der Waals surface area contributed by atoms with Crippen LogP contribution in [0.5, 0.6) is 0 Å². The number of hydrogen-bond donors (Lipinski definition) is 0. The predicted molar refractivity (Wildman–Crippen MR) is 84.5 cm³/mol. The maximum atomic E-state index is 12.7. The van der Waals surface area contributed by atoms with E-state index in [-0.39, 0.29) is 6.10 Å². The summed E-state index contributed by atoms with van der Waals surface area (Å²) in [6.07, 6.45) is 7.74. The van der Waals surface area contributed by atoms with Gasteiger partial charge in [0, 0.05) is 13.0 Å². The lowest BCUT2D eigenvalue weighted by Gasteiger charge is -2.33. The number of carbonyl (C=O) groups is 1. The number of ether oxygens (including phenoxy) is 1. The van der Waals surface area contributed by atoms with Gasteiger partial charge in [0.2, 0.25) is 0 Å². The molecule has 2 nitrogen and oxygen atoms in total. The van der Waals surface area contributed by atoms with Crippen molar-refractivity contribution in [3.8, 4) is 0 Å². The van der Waals surface area contributed by atoms with Gasteiger partial charge in [-0.25, -0.2) is 0 Å². The quantitative estimate of drug-likeness (QED) is 0.780. The molecule has 3 rings (SSSR count). The molecule has 1 fully saturated rings. The molecule has 2 atom stereocenters. The highest BCUT2D eigenvalue weighted by Gasteiger charge is 2.34. The molecule has 0 radical (unpaired) electrons. The van der Waals surface area contributed by atoms with Gasteiger partial charge in [0.15, 0.2) is 5.78 Å². The minimum atomic E-state index is -0.150. The monoisotopic (exact) mass is 286 g/mol. The van der Waals surface area contributed by atoms with Crippen LogP contribution in [0.4, 0.5) is 0 Å². The largest absolute Gasteiger partial charge is 0.370 e. The molecular formula is C19H26O2. The van der Waals surface area contributed by atoms with Crippen LogP contribution in [0, 0.1) is 5.92 Å². The molecule has 0 heterocycles. The van der Waals surface area contributed by atoms with Crippen LogP contribution in [0.15, 0.2) is 24.3 Å². The Balaban J connectivity index is 1.62. The summed E-state index contributed by atoms with van der Waals surface area (Å²) in [4.78, 5) is 12.7. The van der Waals surface area contributed by atoms with E-state index >= 15 is 0 Å². The van der Waals surface area contributed by atoms with Crippen LogP contribution in [0.1, 0.15) is 62.5 Å². The summed E-state index contributed by atoms with van der Waals surface area (Å²) in [5.74, 6) is 1.23. The zero-order valence-electron chi connectivity index (χ0n) is 13.0. The highest BCUT2D eigenvalue weighted by Crippen LogP contribution is 2.38. The van der Waals surface area contributed by atoms with Crippen molar-refractivity contribution < 1.29 is 9.53 Å². The number of benzene rings is 1. The fourth-order valence-electron chi connectivity index (χ4n) is 4.01. The normalized spacial score (nSPS) is 23.2. The zero-order valence-corrected chi connectivity index (χ0v) is 13.0. The first-order chi connectivity index (χ1) is 10.3. The van der Waals surface area contributed by atoms with Crippen LogP contribution in [-0.4, -0.2) is 18.5 Å². The lowest BCUT2D eigenvalue weighted by molar-refractivity contribution is -0.135. The van der Waals surface area contributed by atoms with Crippen LogP contribution in [0.2, 0.25) is 0 Å². The Morgan fingerprint density at radius 3 is 2.71 bits per heavy atom. The molecule has 1 aromatic carbocycles. The molecule has 0 bridgehead atoms. The Labute approximate surface area is 127 Å². The first-order valence-corrected chi connectivity index (χ1v) is 8.51. The number of hydrogen-bond acceptors (Lipinski definition) is 2. The van der Waals surface area contributed by atoms with E-state index in [1.807, 2.05) is 6.92 Å². The summed E-state index contributed by atoms with van der Waals surface area (Å²) in [5, 5.41) is 0. The first kappa shape index (κ1) is 14.8. The molecule has 0 saturated heterocycles. The maximum Gasteiger partial charge on any atom is 0.162 e. The van der Waals surface area contributed by atoms with Gasteiger partial charge >= 0.3 is 0 Å². The minimum Gasteiger partial charge on any atom is -0.370 e. The number of carbonyl (C=O) groups excluding carboxylic acids is 1. The van der Waals surface area contributed by atoms with E-state index in [1.54, 1.807) is 0 Å². The van der Waals surface area contributed by atoms with E-state index in [9.17, 15) is 4.79 Å². The molecule has 114 valence electrons. The average molecular weight is 286 g/mol. The van der Waals surface area contributed by atoms with Crippen molar-refractivity contribution in [3.63, 3.8) is 0 Å². The molecule has 2 aliphatic carbocycles. The van der Waals surface area contributed by atoms with Crippen LogP contribution in [0.3, 0.4) is 0 Å². The van der Waals surface area contributed by atoms with Gasteiger partial charge in [-0.3, -0.25) is 4.79 Å². The van der Waals surface area contributed by atoms with Crippen LogP contribution in [-0.2, 0) is 16.0 Å². The molecule has 0 aromatic heterocycles. The zero-order chi connectivity index (χ0) is 14.7. The van der Waals surface area contributed by atoms with Gasteiger partial charge in [0.25, 0.3) is 0 Å². The minimum absolute atomic E-state index is 0.150. The van der Waals surface area contributed by atoms with Gasteiger partial charge in [0.1, 0.15) is 6.10 Å². The van der Waals surface area contributed by atoms with E-state index in [1.165, 1.54) is 30.4 Å². The van der Waals surface area contributed by atoms with Crippen molar-refractivity contribution in [3.05, 3.63) is 35.4 Å². The van der Waals surface area contributed by atoms with Crippen molar-refractivity contribution in [2.45, 2.75) is 63.9 Å². The number of Topliss-reactive ketones (excluding diaryl/α,β-unsaturated/α-hetero) is 1. The second-order valence-corrected chi connectivity index (χ2v) is 6.54. The van der Waals surface area contributed by atoms with Crippen molar-refractivity contribution in [1.82, 2.24) is 0 Å². The molecule has 2 heteroatoms. The third-order valence-electron chi connectivity index (χ3n) is 5.15. The van der Waals surface area contributed by atoms with E-state index in [4.69, 9.17) is 4.74 Å². The molecule has 21 heavy (non-hydrogen) atoms. The summed E-state index contributed by atoms with van der Waals surface area (Å²) in [6.45, 7) is 2.65. The number of rotatable bonds is 6. The van der Waals surface area contributed by atoms with Crippen molar-refractivity contribution >= 4 is 5.78 Å². The van der Waals surface area contributed by atoms with Gasteiger partial charge in [-0.1, -0.05) is 43.5 Å². The van der Waals surface area contributed by atoms with E-state index in [2.05, 4.69) is 24.3 Å². The molecule has 2 aliphatic rings. The average Bonchev–Trinajstić information content (AvgIpc) is 2.51. The third-order valence-corrected chi connectivity index (χ3v) is 5.15. The van der Waals surface area contributed by atoms with E-state index in [0.717, 1.165) is 19.3 Å². The van der Waals surface area contributed by atoms with Gasteiger partial charge in [-0.05, 0) is 49.1 Å². The maximum absolute atomic E-state index is 12.7. The second kappa shape index (κ2) is 6.74. The SMILES string of the molecule is CCOC(C(=O)CC1Cc2ccccc21)C1CCCCC1. The first-order valence-electron chi connectivity index (χ1n) is 8.51. The van der Waals surface area contributed by atoms with Gasteiger partial charge in [0.05, 0.1) is 0 Å². The molecule has 2 unspecified atom stereocenters. The Bertz CT molecular complexity index is 488. The van der Waals surface area contributed by atoms with Gasteiger partial charge < -0.3 is 4.74 Å². The molecular weight excluding hydrogens is 260 g/mol. The van der Waals surface area contributed by atoms with Gasteiger partial charge in [-0.15, -0.1) is 0 Å². The lowest BCUT2D eigenvalue weighted by Crippen LogP contribution is -2.36. The number of ketones is 1. The molecule has 0 N–H and O–H groups in total. The number of fused-ring (bicyclic) bond motifs is 1. The Morgan fingerprint density at radius 2 is 2.00 bits per heavy atom. The highest BCUT2D eigenvalue weighted by molar-refractivity contribution is 5.84. The summed E-state index contributed by atoms with van der Waals surface area (Å²) < 4.78 is 5.85. The Hall–Kier alpha value is -1.15. The van der Waals surface area contributed by atoms with E-state index < -0.39 is 0 Å². The third kappa shape index (κ3) is 3.21. The Kier molecular flexibility index (Phi) is 4.74. The van der Waals surface area contributed by atoms with E-state index in [0.29, 0.717) is 30.6 Å². The van der Waals surface area contributed by atoms with Crippen molar-refractivity contribution in [2.24, 2.45) is 5.92 Å².